The van der Waals surface area contributed by atoms with Gasteiger partial charge in [-0.2, -0.15) is 0 Å². The van der Waals surface area contributed by atoms with Gasteiger partial charge in [0.1, 0.15) is 18.0 Å². The van der Waals surface area contributed by atoms with Crippen molar-refractivity contribution in [2.24, 2.45) is 40.1 Å². The van der Waals surface area contributed by atoms with Gasteiger partial charge in [-0.05, 0) is 44.4 Å². The third-order valence-electron chi connectivity index (χ3n) is 5.31. The van der Waals surface area contributed by atoms with E-state index >= 15 is 0 Å². The van der Waals surface area contributed by atoms with E-state index in [0.717, 1.165) is 0 Å². The van der Waals surface area contributed by atoms with Gasteiger partial charge in [-0.1, -0.05) is 27.7 Å². The lowest BCUT2D eigenvalue weighted by Crippen LogP contribution is -2.45. The molecule has 0 aromatic heterocycles. The first kappa shape index (κ1) is 31.2. The highest BCUT2D eigenvalue weighted by atomic mass is 16.4. The van der Waals surface area contributed by atoms with Gasteiger partial charge in [0, 0.05) is 31.2 Å². The number of hydrogen-bond acceptors (Lipinski definition) is 6. The summed E-state index contributed by atoms with van der Waals surface area (Å²) in [6.45, 7) is 9.42. The highest BCUT2D eigenvalue weighted by molar-refractivity contribution is 5.99. The second kappa shape index (κ2) is 16.0. The number of nitrogens with zero attached hydrogens (tertiary/aromatic N) is 1. The Morgan fingerprint density at radius 1 is 0.882 bits per heavy atom. The summed E-state index contributed by atoms with van der Waals surface area (Å²) in [7, 11) is 0. The minimum Gasteiger partial charge on any atom is -0.481 e. The topological polar surface area (TPSA) is 182 Å². The summed E-state index contributed by atoms with van der Waals surface area (Å²) in [4.78, 5) is 65.2. The van der Waals surface area contributed by atoms with Crippen LogP contribution in [-0.2, 0) is 24.0 Å². The second-order valence-electron chi connectivity index (χ2n) is 9.78. The molecule has 194 valence electrons. The average Bonchev–Trinajstić information content (AvgIpc) is 2.67. The van der Waals surface area contributed by atoms with Gasteiger partial charge in [-0.3, -0.25) is 24.2 Å². The molecule has 10 heteroatoms. The predicted octanol–water partition coefficient (Wildman–Crippen LogP) is 1.83. The fraction of sp³-hybridized carbons (Fsp3) is 0.750. The summed E-state index contributed by atoms with van der Waals surface area (Å²) in [5.41, 5.74) is 10.6. The molecule has 0 aromatic rings. The van der Waals surface area contributed by atoms with Crippen LogP contribution in [0.2, 0.25) is 0 Å². The lowest BCUT2D eigenvalue weighted by Gasteiger charge is -2.25. The van der Waals surface area contributed by atoms with E-state index in [4.69, 9.17) is 16.6 Å². The van der Waals surface area contributed by atoms with Crippen molar-refractivity contribution in [3.05, 3.63) is 0 Å². The molecule has 0 fully saturated rings. The van der Waals surface area contributed by atoms with Gasteiger partial charge in [-0.25, -0.2) is 0 Å². The summed E-state index contributed by atoms with van der Waals surface area (Å²) in [5.74, 6) is -3.77. The Bertz CT molecular complexity index is 744. The molecule has 6 N–H and O–H groups in total. The summed E-state index contributed by atoms with van der Waals surface area (Å²) in [6, 6.07) is -0.827. The number of nitrogens with one attached hydrogen (secondary N) is 1. The average molecular weight is 483 g/mol. The first-order valence-electron chi connectivity index (χ1n) is 11.8. The van der Waals surface area contributed by atoms with E-state index in [9.17, 15) is 24.0 Å². The van der Waals surface area contributed by atoms with E-state index in [0.29, 0.717) is 19.3 Å². The largest absolute Gasteiger partial charge is 0.481 e. The van der Waals surface area contributed by atoms with Crippen molar-refractivity contribution in [2.45, 2.75) is 85.6 Å². The lowest BCUT2D eigenvalue weighted by atomic mass is 9.86. The summed E-state index contributed by atoms with van der Waals surface area (Å²) < 4.78 is 0. The normalized spacial score (nSPS) is 13.7. The van der Waals surface area contributed by atoms with Gasteiger partial charge >= 0.3 is 5.97 Å². The van der Waals surface area contributed by atoms with Crippen LogP contribution in [0.25, 0.3) is 0 Å². The van der Waals surface area contributed by atoms with E-state index in [1.807, 2.05) is 27.7 Å². The van der Waals surface area contributed by atoms with Crippen molar-refractivity contribution in [3.8, 4) is 0 Å². The van der Waals surface area contributed by atoms with E-state index in [1.165, 1.54) is 6.92 Å². The van der Waals surface area contributed by atoms with Crippen LogP contribution in [0.15, 0.2) is 4.99 Å². The molecule has 0 aliphatic carbocycles. The van der Waals surface area contributed by atoms with Crippen LogP contribution in [0.5, 0.6) is 0 Å². The van der Waals surface area contributed by atoms with Gasteiger partial charge in [0.15, 0.2) is 11.7 Å². The van der Waals surface area contributed by atoms with Crippen LogP contribution < -0.4 is 16.8 Å². The van der Waals surface area contributed by atoms with Crippen LogP contribution in [0.3, 0.4) is 0 Å². The molecule has 1 amide bonds. The maximum absolute atomic E-state index is 13.2. The van der Waals surface area contributed by atoms with Crippen molar-refractivity contribution >= 4 is 35.2 Å². The Morgan fingerprint density at radius 2 is 1.47 bits per heavy atom. The number of ketones is 3. The first-order chi connectivity index (χ1) is 15.7. The zero-order valence-corrected chi connectivity index (χ0v) is 21.1. The number of carbonyl (C=O) groups is 5. The third-order valence-corrected chi connectivity index (χ3v) is 5.31. The molecule has 0 rings (SSSR count). The number of guanidine groups is 1. The number of hydrogen-bond donors (Lipinski definition) is 4. The number of carbonyl (C=O) groups excluding carboxylic acids is 4. The van der Waals surface area contributed by atoms with Gasteiger partial charge in [0.25, 0.3) is 0 Å². The molecule has 10 nitrogen and oxygen atoms in total. The molecule has 0 saturated heterocycles. The van der Waals surface area contributed by atoms with Crippen LogP contribution in [0.4, 0.5) is 0 Å². The lowest BCUT2D eigenvalue weighted by molar-refractivity contribution is -0.142. The number of aliphatic carboxylic acids is 1. The number of carboxylic acid groups (broad SMARTS) is 1. The third kappa shape index (κ3) is 14.4. The number of Topliss-reactive ketones (excluding diaryl/α,β-unsaturated/α-hetero) is 3. The maximum Gasteiger partial charge on any atom is 0.310 e. The van der Waals surface area contributed by atoms with Crippen molar-refractivity contribution in [1.29, 1.82) is 0 Å². The zero-order chi connectivity index (χ0) is 26.4. The Hall–Kier alpha value is -2.78. The summed E-state index contributed by atoms with van der Waals surface area (Å²) in [5, 5.41) is 11.8. The first-order valence-corrected chi connectivity index (χ1v) is 11.8. The van der Waals surface area contributed by atoms with E-state index in [2.05, 4.69) is 10.3 Å². The van der Waals surface area contributed by atoms with Crippen molar-refractivity contribution < 1.29 is 29.1 Å². The van der Waals surface area contributed by atoms with Crippen LogP contribution in [0, 0.1) is 23.7 Å². The predicted molar refractivity (Wildman–Crippen MR) is 130 cm³/mol. The van der Waals surface area contributed by atoms with E-state index in [1.54, 1.807) is 0 Å². The standard InChI is InChI=1S/C24H42N4O6/c1-14(2)9-18(11-16(5)29)23(34)28-19(10-15(3)4)21(31)12-17(20(30)13-22(32)33)7-6-8-27-24(25)26/h14-15,17-19H,6-13H2,1-5H3,(H,28,34)(H,32,33)(H4,25,26,27)/t17-,18-,19+/m1/s1. The van der Waals surface area contributed by atoms with Crippen molar-refractivity contribution in [3.63, 3.8) is 0 Å². The monoisotopic (exact) mass is 482 g/mol. The molecule has 0 unspecified atom stereocenters. The van der Waals surface area contributed by atoms with Gasteiger partial charge in [0.2, 0.25) is 5.91 Å². The number of carboxylic acids is 1. The smallest absolute Gasteiger partial charge is 0.310 e. The SMILES string of the molecule is CC(=O)C[C@@H](CC(C)C)C(=O)N[C@@H](CC(C)C)C(=O)C[C@@H](CCCN=C(N)N)C(=O)CC(=O)O. The highest BCUT2D eigenvalue weighted by Crippen LogP contribution is 2.21. The molecule has 0 spiro atoms. The minimum atomic E-state index is -1.26. The molecule has 0 aliphatic heterocycles. The number of amides is 1. The van der Waals surface area contributed by atoms with Crippen LogP contribution in [0.1, 0.15) is 79.6 Å². The fourth-order valence-corrected chi connectivity index (χ4v) is 3.83. The van der Waals surface area contributed by atoms with Gasteiger partial charge < -0.3 is 26.7 Å². The molecule has 0 aliphatic rings. The molecular weight excluding hydrogens is 440 g/mol. The molecule has 34 heavy (non-hydrogen) atoms. The van der Waals surface area contributed by atoms with E-state index in [-0.39, 0.29) is 61.1 Å². The quantitative estimate of drug-likeness (QED) is 0.0987. The van der Waals surface area contributed by atoms with Crippen molar-refractivity contribution in [1.82, 2.24) is 5.32 Å². The Balaban J connectivity index is 5.54. The Labute approximate surface area is 202 Å². The minimum absolute atomic E-state index is 0.0839. The van der Waals surface area contributed by atoms with E-state index < -0.39 is 36.1 Å². The molecule has 0 heterocycles. The highest BCUT2D eigenvalue weighted by Gasteiger charge is 2.31. The van der Waals surface area contributed by atoms with Gasteiger partial charge in [0.05, 0.1) is 6.04 Å². The maximum atomic E-state index is 13.2. The molecule has 0 bridgehead atoms. The Kier molecular flexibility index (Phi) is 14.6. The molecular formula is C24H42N4O6. The van der Waals surface area contributed by atoms with Crippen LogP contribution >= 0.6 is 0 Å². The molecule has 3 atom stereocenters. The summed E-state index contributed by atoms with van der Waals surface area (Å²) >= 11 is 0. The molecule has 0 radical (unpaired) electrons. The second-order valence-corrected chi connectivity index (χ2v) is 9.78. The number of aliphatic imine (C=N–C) groups is 1. The van der Waals surface area contributed by atoms with Gasteiger partial charge in [-0.15, -0.1) is 0 Å². The molecule has 0 saturated carbocycles. The van der Waals surface area contributed by atoms with Crippen molar-refractivity contribution in [2.75, 3.05) is 6.54 Å². The number of rotatable bonds is 18. The fourth-order valence-electron chi connectivity index (χ4n) is 3.83. The zero-order valence-electron chi connectivity index (χ0n) is 21.1. The Morgan fingerprint density at radius 3 is 1.94 bits per heavy atom. The molecule has 0 aromatic carbocycles. The summed E-state index contributed by atoms with van der Waals surface area (Å²) in [6.07, 6.45) is 0.751. The number of nitrogens with two attached hydrogens (primary N) is 2. The van der Waals surface area contributed by atoms with Crippen LogP contribution in [-0.4, -0.2) is 52.9 Å².